The molecule has 0 aromatic carbocycles. The van der Waals surface area contributed by atoms with Crippen molar-refractivity contribution in [2.45, 2.75) is 5.25 Å². The predicted molar refractivity (Wildman–Crippen MR) is 48.0 cm³/mol. The summed E-state index contributed by atoms with van der Waals surface area (Å²) in [5, 5.41) is 8.26. The minimum absolute atomic E-state index is 0. The van der Waals surface area contributed by atoms with E-state index in [1.807, 2.05) is 0 Å². The fourth-order valence-electron chi connectivity index (χ4n) is 0.0577. The summed E-state index contributed by atoms with van der Waals surface area (Å²) in [5.74, 6) is 0.639. The van der Waals surface area contributed by atoms with Crippen molar-refractivity contribution in [1.29, 1.82) is 0 Å². The van der Waals surface area contributed by atoms with Crippen LogP contribution in [0.3, 0.4) is 0 Å². The average molecular weight is 172 g/mol. The van der Waals surface area contributed by atoms with Gasteiger partial charge in [-0.1, -0.05) is 0 Å². The zero-order valence-electron chi connectivity index (χ0n) is 3.33. The topological polar surface area (TPSA) is 20.2 Å². The molecule has 0 saturated carbocycles. The quantitative estimate of drug-likeness (QED) is 0.357. The second kappa shape index (κ2) is 12.3. The molecule has 0 aromatic heterocycles. The summed E-state index contributed by atoms with van der Waals surface area (Å²) in [5.41, 5.74) is 0. The Hall–Kier alpha value is 2.66. The van der Waals surface area contributed by atoms with Crippen molar-refractivity contribution in [2.75, 3.05) is 12.4 Å². The second-order valence-corrected chi connectivity index (χ2v) is 2.11. The Balaban J connectivity index is -0.000000125. The number of aliphatic hydroxyl groups is 1. The molecule has 0 amide bonds. The summed E-state index contributed by atoms with van der Waals surface area (Å²) in [6.07, 6.45) is 0. The Morgan fingerprint density at radius 2 is 1.75 bits per heavy atom. The maximum atomic E-state index is 8.21. The van der Waals surface area contributed by atoms with Crippen LogP contribution < -0.4 is 0 Å². The van der Waals surface area contributed by atoms with Crippen LogP contribution in [-0.4, -0.2) is 81.8 Å². The van der Waals surface area contributed by atoms with Gasteiger partial charge in [-0.05, 0) is 0 Å². The number of hydrogen-bond acceptors (Lipinski definition) is 3. The molecule has 0 saturated heterocycles. The minimum atomic E-state index is 0. The summed E-state index contributed by atoms with van der Waals surface area (Å²) in [4.78, 5) is 0. The van der Waals surface area contributed by atoms with E-state index in [0.29, 0.717) is 5.75 Å². The van der Waals surface area contributed by atoms with Crippen LogP contribution in [0.1, 0.15) is 0 Å². The molecule has 0 aliphatic carbocycles. The molecule has 1 unspecified atom stereocenters. The van der Waals surface area contributed by atoms with Gasteiger partial charge in [-0.2, -0.15) is 25.3 Å². The van der Waals surface area contributed by atoms with Crippen LogP contribution >= 0.6 is 25.3 Å². The number of thiol groups is 2. The second-order valence-electron chi connectivity index (χ2n) is 1.02. The first kappa shape index (κ1) is 17.0. The molecule has 0 aromatic rings. The van der Waals surface area contributed by atoms with E-state index in [1.165, 1.54) is 0 Å². The van der Waals surface area contributed by atoms with Crippen LogP contribution in [0.15, 0.2) is 0 Å². The predicted octanol–water partition coefficient (Wildman–Crippen LogP) is -1.09. The molecule has 1 N–H and O–H groups in total. The zero-order chi connectivity index (χ0) is 4.99. The van der Waals surface area contributed by atoms with Crippen LogP contribution in [0, 0.1) is 0 Å². The Morgan fingerprint density at radius 1 is 1.38 bits per heavy atom. The van der Waals surface area contributed by atoms with Gasteiger partial charge in [0.15, 0.2) is 0 Å². The molecule has 0 spiro atoms. The van der Waals surface area contributed by atoms with Crippen molar-refractivity contribution in [2.24, 2.45) is 0 Å². The van der Waals surface area contributed by atoms with Crippen molar-refractivity contribution < 1.29 is 5.11 Å². The van der Waals surface area contributed by atoms with E-state index in [9.17, 15) is 0 Å². The van der Waals surface area contributed by atoms with E-state index in [-0.39, 0.29) is 71.0 Å². The Morgan fingerprint density at radius 3 is 1.75 bits per heavy atom. The number of hydrogen-bond donors (Lipinski definition) is 3. The first-order valence-electron chi connectivity index (χ1n) is 1.71. The monoisotopic (exact) mass is 172 g/mol. The van der Waals surface area contributed by atoms with Gasteiger partial charge in [0, 0.05) is 11.0 Å². The molecule has 0 aliphatic heterocycles. The molecule has 0 fully saturated rings. The van der Waals surface area contributed by atoms with Gasteiger partial charge < -0.3 is 5.11 Å². The van der Waals surface area contributed by atoms with Crippen LogP contribution in [0.25, 0.3) is 0 Å². The Kier molecular flexibility index (Phi) is 26.2. The van der Waals surface area contributed by atoms with Gasteiger partial charge in [0.05, 0.1) is 6.61 Å². The standard InChI is InChI=1S/C3H8OS2.2Na.2H/c4-1-3(6)2-5;;;;/h3-6H,1-2H2;;;;. The third-order valence-corrected chi connectivity index (χ3v) is 1.50. The van der Waals surface area contributed by atoms with Crippen molar-refractivity contribution in [3.05, 3.63) is 0 Å². The molecule has 8 heavy (non-hydrogen) atoms. The third kappa shape index (κ3) is 11.5. The number of rotatable bonds is 2. The SMILES string of the molecule is OCC(S)CS.[NaH].[NaH]. The molecule has 42 valence electrons. The zero-order valence-corrected chi connectivity index (χ0v) is 5.12. The molecular formula is C3H10Na2OS2. The van der Waals surface area contributed by atoms with E-state index < -0.39 is 0 Å². The van der Waals surface area contributed by atoms with Gasteiger partial charge in [-0.25, -0.2) is 0 Å². The third-order valence-electron chi connectivity index (χ3n) is 0.421. The van der Waals surface area contributed by atoms with Crippen LogP contribution in [-0.2, 0) is 0 Å². The van der Waals surface area contributed by atoms with Gasteiger partial charge in [0.2, 0.25) is 0 Å². The summed E-state index contributed by atoms with van der Waals surface area (Å²) < 4.78 is 0. The molecule has 0 heterocycles. The number of aliphatic hydroxyl groups excluding tert-OH is 1. The van der Waals surface area contributed by atoms with Crippen LogP contribution in [0.2, 0.25) is 0 Å². The van der Waals surface area contributed by atoms with Gasteiger partial charge in [-0.3, -0.25) is 0 Å². The fourth-order valence-corrected chi connectivity index (χ4v) is 0.173. The van der Waals surface area contributed by atoms with E-state index >= 15 is 0 Å². The summed E-state index contributed by atoms with van der Waals surface area (Å²) in [7, 11) is 0. The Bertz CT molecular complexity index is 34.5. The average Bonchev–Trinajstić information content (AvgIpc) is 1.65. The van der Waals surface area contributed by atoms with Crippen LogP contribution in [0.4, 0.5) is 0 Å². The van der Waals surface area contributed by atoms with Crippen molar-refractivity contribution in [3.8, 4) is 0 Å². The summed E-state index contributed by atoms with van der Waals surface area (Å²) >= 11 is 7.76. The molecule has 1 nitrogen and oxygen atoms in total. The normalized spacial score (nSPS) is 10.9. The first-order chi connectivity index (χ1) is 2.81. The van der Waals surface area contributed by atoms with Gasteiger partial charge in [0.25, 0.3) is 0 Å². The summed E-state index contributed by atoms with van der Waals surface area (Å²) in [6, 6.07) is 0. The fraction of sp³-hybridized carbons (Fsp3) is 1.00. The molecule has 5 heteroatoms. The van der Waals surface area contributed by atoms with E-state index in [4.69, 9.17) is 5.11 Å². The van der Waals surface area contributed by atoms with Crippen molar-refractivity contribution in [1.82, 2.24) is 0 Å². The summed E-state index contributed by atoms with van der Waals surface area (Å²) in [6.45, 7) is 0.118. The molecule has 1 atom stereocenters. The van der Waals surface area contributed by atoms with E-state index in [1.54, 1.807) is 0 Å². The van der Waals surface area contributed by atoms with Gasteiger partial charge in [0.1, 0.15) is 0 Å². The van der Waals surface area contributed by atoms with Crippen molar-refractivity contribution >= 4 is 84.4 Å². The molecule has 0 bridgehead atoms. The van der Waals surface area contributed by atoms with E-state index in [0.717, 1.165) is 0 Å². The molecule has 0 rings (SSSR count). The molecule has 0 radical (unpaired) electrons. The molecule has 0 aliphatic rings. The maximum absolute atomic E-state index is 8.21. The molecular weight excluding hydrogens is 162 g/mol. The van der Waals surface area contributed by atoms with Crippen molar-refractivity contribution in [3.63, 3.8) is 0 Å². The Labute approximate surface area is 105 Å². The van der Waals surface area contributed by atoms with Gasteiger partial charge in [-0.15, -0.1) is 0 Å². The van der Waals surface area contributed by atoms with E-state index in [2.05, 4.69) is 25.3 Å². The van der Waals surface area contributed by atoms with Gasteiger partial charge >= 0.3 is 59.1 Å². The van der Waals surface area contributed by atoms with Crippen LogP contribution in [0.5, 0.6) is 0 Å². The first-order valence-corrected chi connectivity index (χ1v) is 2.86.